The van der Waals surface area contributed by atoms with Crippen LogP contribution >= 0.6 is 11.3 Å². The lowest BCUT2D eigenvalue weighted by molar-refractivity contribution is -0.207. The van der Waals surface area contributed by atoms with E-state index in [9.17, 15) is 18.7 Å². The predicted octanol–water partition coefficient (Wildman–Crippen LogP) is 3.77. The molecular weight excluding hydrogens is 388 g/mol. The van der Waals surface area contributed by atoms with E-state index in [0.717, 1.165) is 4.88 Å². The van der Waals surface area contributed by atoms with Crippen molar-refractivity contribution in [2.75, 3.05) is 13.2 Å². The Morgan fingerprint density at radius 3 is 2.79 bits per heavy atom. The van der Waals surface area contributed by atoms with E-state index in [4.69, 9.17) is 15.9 Å². The van der Waals surface area contributed by atoms with Gasteiger partial charge in [0.2, 0.25) is 0 Å². The highest BCUT2D eigenvalue weighted by Gasteiger charge is 2.55. The molecule has 1 N–H and O–H groups in total. The van der Waals surface area contributed by atoms with Crippen molar-refractivity contribution in [3.63, 3.8) is 0 Å². The fourth-order valence-corrected chi connectivity index (χ4v) is 5.03. The molecule has 3 atom stereocenters. The zero-order valence-electron chi connectivity index (χ0n) is 16.4. The zero-order chi connectivity index (χ0) is 20.9. The summed E-state index contributed by atoms with van der Waals surface area (Å²) >= 11 is 1.33. The zero-order valence-corrected chi connectivity index (χ0v) is 17.2. The van der Waals surface area contributed by atoms with Crippen LogP contribution in [0.5, 0.6) is 0 Å². The Morgan fingerprint density at radius 2 is 2.21 bits per heavy atom. The number of alkyl halides is 2. The minimum absolute atomic E-state index is 0.206. The van der Waals surface area contributed by atoms with Gasteiger partial charge in [-0.05, 0) is 40.2 Å². The molecular formula is C20H25F2NO4S. The third-order valence-electron chi connectivity index (χ3n) is 5.14. The van der Waals surface area contributed by atoms with Crippen molar-refractivity contribution in [2.24, 2.45) is 0 Å². The van der Waals surface area contributed by atoms with Crippen LogP contribution in [0.2, 0.25) is 0 Å². The van der Waals surface area contributed by atoms with E-state index < -0.39 is 42.0 Å². The number of thiophene rings is 1. The summed E-state index contributed by atoms with van der Waals surface area (Å²) in [6.07, 6.45) is 2.86. The van der Waals surface area contributed by atoms with E-state index in [1.54, 1.807) is 33.8 Å². The van der Waals surface area contributed by atoms with Crippen molar-refractivity contribution in [2.45, 2.75) is 69.8 Å². The second kappa shape index (κ2) is 6.97. The molecule has 3 heterocycles. The number of hydrogen-bond donors (Lipinski definition) is 1. The molecule has 1 fully saturated rings. The smallest absolute Gasteiger partial charge is 0.411 e. The van der Waals surface area contributed by atoms with Crippen LogP contribution in [0.1, 0.15) is 48.9 Å². The standard InChI is InChI=1S/C20H25F2NO4S/c1-6-13-10-19(7-8-23(13)17(24)27-18(3,4)5)15-14(9-12(2)28-15)20(25,11-26-19)16(21)22/h1,9,13,16,25H,7-8,10-11H2,2-5H3/t13-,19?,20?/m0/s1. The van der Waals surface area contributed by atoms with Gasteiger partial charge in [-0.2, -0.15) is 0 Å². The average molecular weight is 413 g/mol. The normalized spacial score (nSPS) is 30.2. The van der Waals surface area contributed by atoms with E-state index in [2.05, 4.69) is 5.92 Å². The Morgan fingerprint density at radius 1 is 1.54 bits per heavy atom. The van der Waals surface area contributed by atoms with Gasteiger partial charge in [0.1, 0.15) is 11.2 Å². The third-order valence-corrected chi connectivity index (χ3v) is 6.38. The van der Waals surface area contributed by atoms with Crippen LogP contribution in [0.3, 0.4) is 0 Å². The molecule has 0 radical (unpaired) electrons. The fourth-order valence-electron chi connectivity index (χ4n) is 3.75. The first-order chi connectivity index (χ1) is 12.9. The molecule has 8 heteroatoms. The minimum atomic E-state index is -2.97. The highest BCUT2D eigenvalue weighted by molar-refractivity contribution is 7.12. The van der Waals surface area contributed by atoms with Gasteiger partial charge in [-0.15, -0.1) is 17.8 Å². The van der Waals surface area contributed by atoms with E-state index in [0.29, 0.717) is 11.3 Å². The Hall–Kier alpha value is -1.69. The molecule has 3 rings (SSSR count). The summed E-state index contributed by atoms with van der Waals surface area (Å²) in [5.74, 6) is 2.61. The maximum absolute atomic E-state index is 13.6. The number of fused-ring (bicyclic) bond motifs is 2. The number of aliphatic hydroxyl groups is 1. The van der Waals surface area contributed by atoms with Crippen molar-refractivity contribution in [1.29, 1.82) is 0 Å². The van der Waals surface area contributed by atoms with Crippen LogP contribution in [-0.4, -0.2) is 47.3 Å². The number of hydrogen-bond acceptors (Lipinski definition) is 5. The van der Waals surface area contributed by atoms with Crippen molar-refractivity contribution < 1.29 is 28.2 Å². The number of rotatable bonds is 1. The number of likely N-dealkylation sites (tertiary alicyclic amines) is 1. The number of carbonyl (C=O) groups excluding carboxylic acids is 1. The highest BCUT2D eigenvalue weighted by Crippen LogP contribution is 2.52. The van der Waals surface area contributed by atoms with E-state index >= 15 is 0 Å². The molecule has 1 saturated heterocycles. The van der Waals surface area contributed by atoms with Crippen LogP contribution in [-0.2, 0) is 20.7 Å². The monoisotopic (exact) mass is 413 g/mol. The van der Waals surface area contributed by atoms with Crippen LogP contribution < -0.4 is 0 Å². The van der Waals surface area contributed by atoms with Crippen molar-refractivity contribution in [3.05, 3.63) is 21.4 Å². The van der Waals surface area contributed by atoms with Gasteiger partial charge >= 0.3 is 6.09 Å². The lowest BCUT2D eigenvalue weighted by Gasteiger charge is -2.49. The number of carbonyl (C=O) groups is 1. The van der Waals surface area contributed by atoms with Gasteiger partial charge in [0.25, 0.3) is 6.43 Å². The molecule has 0 saturated carbocycles. The summed E-state index contributed by atoms with van der Waals surface area (Å²) in [4.78, 5) is 15.4. The highest BCUT2D eigenvalue weighted by atomic mass is 32.1. The second-order valence-electron chi connectivity index (χ2n) is 8.42. The molecule has 1 amide bonds. The lowest BCUT2D eigenvalue weighted by atomic mass is 9.78. The molecule has 0 aliphatic carbocycles. The largest absolute Gasteiger partial charge is 0.444 e. The number of piperidine rings is 1. The molecule has 2 aliphatic rings. The van der Waals surface area contributed by atoms with Gasteiger partial charge < -0.3 is 14.6 Å². The quantitative estimate of drug-likeness (QED) is 0.712. The summed E-state index contributed by atoms with van der Waals surface area (Å²) in [6.45, 7) is 6.88. The first kappa shape index (κ1) is 21.0. The maximum Gasteiger partial charge on any atom is 0.411 e. The van der Waals surface area contributed by atoms with Gasteiger partial charge in [0.05, 0.1) is 12.6 Å². The van der Waals surface area contributed by atoms with Crippen LogP contribution in [0.15, 0.2) is 6.07 Å². The maximum atomic E-state index is 13.6. The SMILES string of the molecule is C#C[C@H]1CC2(CCN1C(=O)OC(C)(C)C)OCC(O)(C(F)F)c1cc(C)sc12. The fraction of sp³-hybridized carbons (Fsp3) is 0.650. The molecule has 28 heavy (non-hydrogen) atoms. The summed E-state index contributed by atoms with van der Waals surface area (Å²) < 4.78 is 38.5. The summed E-state index contributed by atoms with van der Waals surface area (Å²) in [7, 11) is 0. The second-order valence-corrected chi connectivity index (χ2v) is 9.67. The number of terminal acetylenes is 1. The van der Waals surface area contributed by atoms with Gasteiger partial charge in [-0.25, -0.2) is 13.6 Å². The first-order valence-electron chi connectivity index (χ1n) is 9.13. The van der Waals surface area contributed by atoms with Crippen LogP contribution in [0.25, 0.3) is 0 Å². The van der Waals surface area contributed by atoms with Crippen molar-refractivity contribution >= 4 is 17.4 Å². The molecule has 154 valence electrons. The minimum Gasteiger partial charge on any atom is -0.444 e. The van der Waals surface area contributed by atoms with Crippen molar-refractivity contribution in [1.82, 2.24) is 4.90 Å². The summed E-state index contributed by atoms with van der Waals surface area (Å²) in [6, 6.07) is 0.998. The Bertz CT molecular complexity index is 812. The topological polar surface area (TPSA) is 59.0 Å². The van der Waals surface area contributed by atoms with Gasteiger partial charge in [-0.1, -0.05) is 5.92 Å². The molecule has 1 spiro atoms. The van der Waals surface area contributed by atoms with Crippen molar-refractivity contribution in [3.8, 4) is 12.3 Å². The van der Waals surface area contributed by atoms with Gasteiger partial charge in [-0.3, -0.25) is 4.90 Å². The Labute approximate surface area is 167 Å². The number of ether oxygens (including phenoxy) is 2. The van der Waals surface area contributed by atoms with E-state index in [-0.39, 0.29) is 18.5 Å². The molecule has 1 aromatic rings. The number of halogens is 2. The summed E-state index contributed by atoms with van der Waals surface area (Å²) in [5, 5.41) is 10.5. The number of aryl methyl sites for hydroxylation is 1. The van der Waals surface area contributed by atoms with Gasteiger partial charge in [0, 0.05) is 28.3 Å². The predicted molar refractivity (Wildman–Crippen MR) is 101 cm³/mol. The molecule has 2 aliphatic heterocycles. The average Bonchev–Trinajstić information content (AvgIpc) is 3.00. The van der Waals surface area contributed by atoms with Crippen LogP contribution in [0.4, 0.5) is 13.6 Å². The molecule has 0 bridgehead atoms. The number of nitrogens with zero attached hydrogens (tertiary/aromatic N) is 1. The number of amides is 1. The molecule has 5 nitrogen and oxygen atoms in total. The summed E-state index contributed by atoms with van der Waals surface area (Å²) in [5.41, 5.74) is -3.68. The molecule has 0 aromatic carbocycles. The van der Waals surface area contributed by atoms with Crippen LogP contribution in [0, 0.1) is 19.3 Å². The van der Waals surface area contributed by atoms with E-state index in [1.165, 1.54) is 16.2 Å². The molecule has 1 aromatic heterocycles. The Kier molecular flexibility index (Phi) is 5.24. The third kappa shape index (κ3) is 3.51. The lowest BCUT2D eigenvalue weighted by Crippen LogP contribution is -2.56. The molecule has 2 unspecified atom stereocenters. The first-order valence-corrected chi connectivity index (χ1v) is 9.95. The Balaban J connectivity index is 1.93. The van der Waals surface area contributed by atoms with E-state index in [1.807, 2.05) is 0 Å². The van der Waals surface area contributed by atoms with Gasteiger partial charge in [0.15, 0.2) is 5.60 Å².